The number of halogens is 1. The van der Waals surface area contributed by atoms with Gasteiger partial charge in [0.15, 0.2) is 0 Å². The van der Waals surface area contributed by atoms with Crippen LogP contribution in [0.5, 0.6) is 5.75 Å². The maximum atomic E-state index is 5.95. The van der Waals surface area contributed by atoms with Crippen molar-refractivity contribution >= 4 is 15.9 Å². The highest BCUT2D eigenvalue weighted by molar-refractivity contribution is 9.09. The van der Waals surface area contributed by atoms with Crippen molar-refractivity contribution in [2.24, 2.45) is 0 Å². The van der Waals surface area contributed by atoms with Gasteiger partial charge in [0.2, 0.25) is 0 Å². The van der Waals surface area contributed by atoms with Crippen molar-refractivity contribution < 1.29 is 4.74 Å². The average molecular weight is 313 g/mol. The number of rotatable bonds is 6. The summed E-state index contributed by atoms with van der Waals surface area (Å²) >= 11 is 3.45. The van der Waals surface area contributed by atoms with E-state index in [1.165, 1.54) is 24.0 Å². The van der Waals surface area contributed by atoms with Gasteiger partial charge in [-0.3, -0.25) is 0 Å². The SMILES string of the molecule is Cc1ccc(OCCCCCBr)c(C(C)(C)C)c1. The second-order valence-corrected chi connectivity index (χ2v) is 6.64. The van der Waals surface area contributed by atoms with Crippen LogP contribution in [0.2, 0.25) is 0 Å². The molecule has 0 atom stereocenters. The van der Waals surface area contributed by atoms with E-state index in [2.05, 4.69) is 61.8 Å². The van der Waals surface area contributed by atoms with Gasteiger partial charge in [-0.15, -0.1) is 0 Å². The third-order valence-corrected chi connectivity index (χ3v) is 3.54. The lowest BCUT2D eigenvalue weighted by atomic mass is 9.85. The lowest BCUT2D eigenvalue weighted by Gasteiger charge is -2.23. The average Bonchev–Trinajstić information content (AvgIpc) is 2.29. The quantitative estimate of drug-likeness (QED) is 0.516. The number of benzene rings is 1. The fourth-order valence-electron chi connectivity index (χ4n) is 1.91. The minimum Gasteiger partial charge on any atom is -0.493 e. The Balaban J connectivity index is 2.65. The summed E-state index contributed by atoms with van der Waals surface area (Å²) in [6.45, 7) is 9.66. The molecule has 2 heteroatoms. The first-order chi connectivity index (χ1) is 8.45. The molecule has 0 spiro atoms. The molecule has 1 aromatic carbocycles. The lowest BCUT2D eigenvalue weighted by Crippen LogP contribution is -2.14. The number of alkyl halides is 1. The Morgan fingerprint density at radius 2 is 1.83 bits per heavy atom. The molecule has 0 aromatic heterocycles. The largest absolute Gasteiger partial charge is 0.493 e. The molecule has 0 bridgehead atoms. The molecule has 0 heterocycles. The van der Waals surface area contributed by atoms with E-state index in [9.17, 15) is 0 Å². The van der Waals surface area contributed by atoms with Crippen LogP contribution in [0.25, 0.3) is 0 Å². The maximum absolute atomic E-state index is 5.95. The van der Waals surface area contributed by atoms with Crippen LogP contribution in [-0.2, 0) is 5.41 Å². The number of hydrogen-bond acceptors (Lipinski definition) is 1. The number of aryl methyl sites for hydroxylation is 1. The smallest absolute Gasteiger partial charge is 0.123 e. The molecule has 18 heavy (non-hydrogen) atoms. The summed E-state index contributed by atoms with van der Waals surface area (Å²) in [6, 6.07) is 6.48. The zero-order valence-corrected chi connectivity index (χ0v) is 13.6. The highest BCUT2D eigenvalue weighted by Gasteiger charge is 2.18. The second-order valence-electron chi connectivity index (χ2n) is 5.85. The van der Waals surface area contributed by atoms with Gasteiger partial charge in [0.25, 0.3) is 0 Å². The molecule has 1 rings (SSSR count). The van der Waals surface area contributed by atoms with Crippen molar-refractivity contribution in [1.29, 1.82) is 0 Å². The van der Waals surface area contributed by atoms with Crippen molar-refractivity contribution in [1.82, 2.24) is 0 Å². The summed E-state index contributed by atoms with van der Waals surface area (Å²) in [5.41, 5.74) is 2.74. The van der Waals surface area contributed by atoms with Gasteiger partial charge >= 0.3 is 0 Å². The van der Waals surface area contributed by atoms with Gasteiger partial charge in [-0.05, 0) is 43.2 Å². The monoisotopic (exact) mass is 312 g/mol. The first-order valence-electron chi connectivity index (χ1n) is 6.75. The molecular formula is C16H25BrO. The molecule has 1 nitrogen and oxygen atoms in total. The summed E-state index contributed by atoms with van der Waals surface area (Å²) in [5, 5.41) is 1.09. The van der Waals surface area contributed by atoms with Crippen LogP contribution in [0.4, 0.5) is 0 Å². The van der Waals surface area contributed by atoms with Crippen LogP contribution in [-0.4, -0.2) is 11.9 Å². The van der Waals surface area contributed by atoms with Crippen molar-refractivity contribution in [3.8, 4) is 5.75 Å². The number of hydrogen-bond donors (Lipinski definition) is 0. The Hall–Kier alpha value is -0.500. The Bertz CT molecular complexity index is 366. The summed E-state index contributed by atoms with van der Waals surface area (Å²) in [5.74, 6) is 1.05. The molecule has 0 N–H and O–H groups in total. The van der Waals surface area contributed by atoms with Crippen LogP contribution in [0, 0.1) is 6.92 Å². The van der Waals surface area contributed by atoms with Gasteiger partial charge in [-0.2, -0.15) is 0 Å². The predicted molar refractivity (Wildman–Crippen MR) is 83.0 cm³/mol. The summed E-state index contributed by atoms with van der Waals surface area (Å²) in [6.07, 6.45) is 3.58. The molecule has 1 aromatic rings. The van der Waals surface area contributed by atoms with Crippen molar-refractivity contribution in [3.05, 3.63) is 29.3 Å². The first-order valence-corrected chi connectivity index (χ1v) is 7.87. The third kappa shape index (κ3) is 5.01. The molecule has 0 fully saturated rings. The van der Waals surface area contributed by atoms with E-state index in [4.69, 9.17) is 4.74 Å². The minimum atomic E-state index is 0.136. The highest BCUT2D eigenvalue weighted by atomic mass is 79.9. The first kappa shape index (κ1) is 15.6. The van der Waals surface area contributed by atoms with Crippen LogP contribution in [0.3, 0.4) is 0 Å². The Labute approximate surface area is 120 Å². The second kappa shape index (κ2) is 7.18. The molecule has 102 valence electrons. The van der Waals surface area contributed by atoms with E-state index in [1.807, 2.05) is 0 Å². The van der Waals surface area contributed by atoms with Crippen molar-refractivity contribution in [3.63, 3.8) is 0 Å². The van der Waals surface area contributed by atoms with Crippen LogP contribution in [0.1, 0.15) is 51.2 Å². The fourth-order valence-corrected chi connectivity index (χ4v) is 2.31. The molecule has 0 aliphatic rings. The molecule has 0 aliphatic heterocycles. The van der Waals surface area contributed by atoms with E-state index < -0.39 is 0 Å². The molecule has 0 radical (unpaired) electrons. The molecule has 0 amide bonds. The van der Waals surface area contributed by atoms with Gasteiger partial charge < -0.3 is 4.74 Å². The van der Waals surface area contributed by atoms with Gasteiger partial charge in [0.05, 0.1) is 6.61 Å². The summed E-state index contributed by atoms with van der Waals surface area (Å²) < 4.78 is 5.95. The van der Waals surface area contributed by atoms with Crippen molar-refractivity contribution in [2.75, 3.05) is 11.9 Å². The predicted octanol–water partition coefficient (Wildman–Crippen LogP) is 5.24. The van der Waals surface area contributed by atoms with E-state index in [0.717, 1.165) is 24.1 Å². The van der Waals surface area contributed by atoms with E-state index >= 15 is 0 Å². The maximum Gasteiger partial charge on any atom is 0.123 e. The van der Waals surface area contributed by atoms with Crippen LogP contribution < -0.4 is 4.74 Å². The normalized spacial score (nSPS) is 11.6. The minimum absolute atomic E-state index is 0.136. The Morgan fingerprint density at radius 3 is 2.44 bits per heavy atom. The van der Waals surface area contributed by atoms with E-state index in [-0.39, 0.29) is 5.41 Å². The number of ether oxygens (including phenoxy) is 1. The lowest BCUT2D eigenvalue weighted by molar-refractivity contribution is 0.298. The fraction of sp³-hybridized carbons (Fsp3) is 0.625. The standard InChI is InChI=1S/C16H25BrO/c1-13-8-9-15(14(12-13)16(2,3)4)18-11-7-5-6-10-17/h8-9,12H,5-7,10-11H2,1-4H3. The summed E-state index contributed by atoms with van der Waals surface area (Å²) in [4.78, 5) is 0. The molecule has 0 unspecified atom stereocenters. The molecular weight excluding hydrogens is 288 g/mol. The zero-order chi connectivity index (χ0) is 13.6. The van der Waals surface area contributed by atoms with Crippen LogP contribution in [0.15, 0.2) is 18.2 Å². The van der Waals surface area contributed by atoms with Gasteiger partial charge in [0.1, 0.15) is 5.75 Å². The Morgan fingerprint density at radius 1 is 1.11 bits per heavy atom. The van der Waals surface area contributed by atoms with Gasteiger partial charge in [-0.1, -0.05) is 54.4 Å². The van der Waals surface area contributed by atoms with Gasteiger partial charge in [-0.25, -0.2) is 0 Å². The number of unbranched alkanes of at least 4 members (excludes halogenated alkanes) is 2. The van der Waals surface area contributed by atoms with Gasteiger partial charge in [0, 0.05) is 5.33 Å². The molecule has 0 aliphatic carbocycles. The van der Waals surface area contributed by atoms with E-state index in [0.29, 0.717) is 0 Å². The molecule has 0 saturated heterocycles. The molecule has 0 saturated carbocycles. The topological polar surface area (TPSA) is 9.23 Å². The Kier molecular flexibility index (Phi) is 6.20. The summed E-state index contributed by atoms with van der Waals surface area (Å²) in [7, 11) is 0. The highest BCUT2D eigenvalue weighted by Crippen LogP contribution is 2.32. The van der Waals surface area contributed by atoms with Crippen LogP contribution >= 0.6 is 15.9 Å². The zero-order valence-electron chi connectivity index (χ0n) is 12.1. The van der Waals surface area contributed by atoms with Crippen molar-refractivity contribution in [2.45, 2.75) is 52.4 Å². The third-order valence-electron chi connectivity index (χ3n) is 2.98. The van der Waals surface area contributed by atoms with E-state index in [1.54, 1.807) is 0 Å².